The molecule has 0 unspecified atom stereocenters. The molecule has 0 radical (unpaired) electrons. The van der Waals surface area contributed by atoms with Gasteiger partial charge in [-0.2, -0.15) is 0 Å². The Hall–Kier alpha value is -3.52. The zero-order valence-electron chi connectivity index (χ0n) is 16.5. The fourth-order valence-corrected chi connectivity index (χ4v) is 4.20. The van der Waals surface area contributed by atoms with Crippen molar-refractivity contribution in [1.29, 1.82) is 0 Å². The van der Waals surface area contributed by atoms with Crippen LogP contribution in [0.25, 0.3) is 10.9 Å². The second-order valence-corrected chi connectivity index (χ2v) is 7.87. The van der Waals surface area contributed by atoms with E-state index in [4.69, 9.17) is 5.73 Å². The summed E-state index contributed by atoms with van der Waals surface area (Å²) in [6.07, 6.45) is 9.88. The van der Waals surface area contributed by atoms with Gasteiger partial charge >= 0.3 is 0 Å². The minimum Gasteiger partial charge on any atom is -0.367 e. The van der Waals surface area contributed by atoms with Crippen molar-refractivity contribution in [3.8, 4) is 0 Å². The molecule has 1 aromatic heterocycles. The fourth-order valence-electron chi connectivity index (χ4n) is 4.20. The molecule has 8 nitrogen and oxygen atoms in total. The van der Waals surface area contributed by atoms with Gasteiger partial charge in [0.2, 0.25) is 0 Å². The second-order valence-electron chi connectivity index (χ2n) is 7.87. The molecule has 7 N–H and O–H groups in total. The van der Waals surface area contributed by atoms with Crippen LogP contribution in [-0.4, -0.2) is 23.0 Å². The summed E-state index contributed by atoms with van der Waals surface area (Å²) in [4.78, 5) is 17.1. The summed E-state index contributed by atoms with van der Waals surface area (Å²) < 4.78 is 0. The third kappa shape index (κ3) is 3.57. The number of nitrogens with one attached hydrogen (secondary N) is 5. The van der Waals surface area contributed by atoms with E-state index in [-0.39, 0.29) is 18.0 Å². The number of hydrazine groups is 1. The highest BCUT2D eigenvalue weighted by Crippen LogP contribution is 2.26. The number of nitrogens with zero attached hydrogens (tertiary/aromatic N) is 1. The largest absolute Gasteiger partial charge is 0.367 e. The molecule has 3 heterocycles. The van der Waals surface area contributed by atoms with Crippen LogP contribution in [-0.2, 0) is 4.79 Å². The van der Waals surface area contributed by atoms with Crippen LogP contribution < -0.4 is 32.5 Å². The van der Waals surface area contributed by atoms with Crippen LogP contribution in [0.15, 0.2) is 71.6 Å². The maximum absolute atomic E-state index is 12.6. The Morgan fingerprint density at radius 1 is 1.17 bits per heavy atom. The number of carbonyl (C=O) groups is 1. The van der Waals surface area contributed by atoms with Gasteiger partial charge in [-0.25, -0.2) is 0 Å². The Kier molecular flexibility index (Phi) is 4.76. The van der Waals surface area contributed by atoms with E-state index in [2.05, 4.69) is 31.8 Å². The van der Waals surface area contributed by atoms with E-state index in [0.717, 1.165) is 40.8 Å². The van der Waals surface area contributed by atoms with Gasteiger partial charge in [0, 0.05) is 29.2 Å². The quantitative estimate of drug-likeness (QED) is 0.460. The minimum atomic E-state index is -0.207. The van der Waals surface area contributed by atoms with Crippen molar-refractivity contribution in [1.82, 2.24) is 26.5 Å². The lowest BCUT2D eigenvalue weighted by molar-refractivity contribution is -0.118. The normalized spacial score (nSPS) is 23.4. The van der Waals surface area contributed by atoms with E-state index in [9.17, 15) is 4.79 Å². The van der Waals surface area contributed by atoms with Crippen molar-refractivity contribution in [2.24, 2.45) is 5.73 Å². The van der Waals surface area contributed by atoms with Crippen LogP contribution in [0.1, 0.15) is 25.7 Å². The van der Waals surface area contributed by atoms with Gasteiger partial charge in [-0.3, -0.25) is 15.2 Å². The molecule has 2 aromatic rings. The number of amides is 1. The highest BCUT2D eigenvalue weighted by Gasteiger charge is 2.29. The third-order valence-electron chi connectivity index (χ3n) is 5.76. The molecule has 154 valence electrons. The maximum Gasteiger partial charge on any atom is 0.273 e. The van der Waals surface area contributed by atoms with Crippen molar-refractivity contribution in [3.63, 3.8) is 0 Å². The molecule has 2 atom stereocenters. The molecule has 1 fully saturated rings. The van der Waals surface area contributed by atoms with Crippen LogP contribution in [0.5, 0.6) is 0 Å². The number of anilines is 1. The van der Waals surface area contributed by atoms with Gasteiger partial charge in [0.05, 0.1) is 23.0 Å². The van der Waals surface area contributed by atoms with Gasteiger partial charge < -0.3 is 27.1 Å². The Balaban J connectivity index is 1.44. The van der Waals surface area contributed by atoms with Crippen molar-refractivity contribution in [2.75, 3.05) is 5.32 Å². The molecular weight excluding hydrogens is 378 g/mol. The summed E-state index contributed by atoms with van der Waals surface area (Å²) in [6.45, 7) is 0. The smallest absolute Gasteiger partial charge is 0.273 e. The fraction of sp³-hybridized carbons (Fsp3) is 0.273. The number of allylic oxidation sites excluding steroid dienone is 1. The molecule has 1 saturated carbocycles. The number of pyridine rings is 1. The molecule has 1 amide bonds. The first-order valence-electron chi connectivity index (χ1n) is 10.3. The molecule has 2 aliphatic heterocycles. The van der Waals surface area contributed by atoms with Crippen LogP contribution >= 0.6 is 0 Å². The predicted molar refractivity (Wildman–Crippen MR) is 116 cm³/mol. The maximum atomic E-state index is 12.6. The monoisotopic (exact) mass is 403 g/mol. The van der Waals surface area contributed by atoms with Crippen LogP contribution in [0, 0.1) is 0 Å². The number of aromatic nitrogens is 1. The lowest BCUT2D eigenvalue weighted by atomic mass is 9.91. The zero-order chi connectivity index (χ0) is 20.5. The molecule has 0 saturated heterocycles. The van der Waals surface area contributed by atoms with Crippen molar-refractivity contribution < 1.29 is 4.79 Å². The summed E-state index contributed by atoms with van der Waals surface area (Å²) >= 11 is 0. The highest BCUT2D eigenvalue weighted by atomic mass is 16.2. The first kappa shape index (κ1) is 18.5. The van der Waals surface area contributed by atoms with E-state index >= 15 is 0 Å². The number of benzene rings is 1. The number of hydrogen-bond donors (Lipinski definition) is 6. The molecule has 0 spiro atoms. The summed E-state index contributed by atoms with van der Waals surface area (Å²) in [7, 11) is 0. The molecular formula is C22H25N7O. The summed E-state index contributed by atoms with van der Waals surface area (Å²) in [5, 5.41) is 11.3. The van der Waals surface area contributed by atoms with Crippen LogP contribution in [0.2, 0.25) is 0 Å². The summed E-state index contributed by atoms with van der Waals surface area (Å²) in [5.41, 5.74) is 14.8. The molecule has 30 heavy (non-hydrogen) atoms. The molecule has 0 bridgehead atoms. The Morgan fingerprint density at radius 3 is 2.93 bits per heavy atom. The average molecular weight is 403 g/mol. The Bertz CT molecular complexity index is 1090. The van der Waals surface area contributed by atoms with Crippen LogP contribution in [0.4, 0.5) is 5.69 Å². The summed E-state index contributed by atoms with van der Waals surface area (Å²) in [5.74, 6) is 1.22. The molecule has 1 aromatic carbocycles. The number of dihydropyridines is 1. The van der Waals surface area contributed by atoms with E-state index in [1.54, 1.807) is 12.4 Å². The van der Waals surface area contributed by atoms with Crippen molar-refractivity contribution in [2.45, 2.75) is 37.8 Å². The van der Waals surface area contributed by atoms with Gasteiger partial charge in [0.1, 0.15) is 11.6 Å². The molecule has 3 aliphatic rings. The zero-order valence-corrected chi connectivity index (χ0v) is 16.5. The Labute approximate surface area is 174 Å². The van der Waals surface area contributed by atoms with E-state index in [0.29, 0.717) is 11.4 Å². The lowest BCUT2D eigenvalue weighted by Gasteiger charge is -2.34. The number of para-hydroxylation sites is 1. The van der Waals surface area contributed by atoms with Gasteiger partial charge in [-0.1, -0.05) is 31.0 Å². The van der Waals surface area contributed by atoms with Crippen LogP contribution in [0.3, 0.4) is 0 Å². The SMILES string of the molecule is N[C@H]1CCCC[C@H]1NC1=CC2=CNNC(=O)C2=C(Nc2cnc3ccccc3c2)N1. The molecule has 5 rings (SSSR count). The number of rotatable bonds is 4. The first-order chi connectivity index (χ1) is 14.7. The van der Waals surface area contributed by atoms with E-state index in [1.807, 2.05) is 36.4 Å². The second kappa shape index (κ2) is 7.72. The highest BCUT2D eigenvalue weighted by molar-refractivity contribution is 6.01. The lowest BCUT2D eigenvalue weighted by Crippen LogP contribution is -2.50. The number of nitrogens with two attached hydrogens (primary N) is 1. The van der Waals surface area contributed by atoms with Gasteiger partial charge in [-0.15, -0.1) is 0 Å². The van der Waals surface area contributed by atoms with Crippen molar-refractivity contribution >= 4 is 22.5 Å². The van der Waals surface area contributed by atoms with E-state index in [1.165, 1.54) is 12.8 Å². The van der Waals surface area contributed by atoms with E-state index < -0.39 is 0 Å². The molecule has 1 aliphatic carbocycles. The predicted octanol–water partition coefficient (Wildman–Crippen LogP) is 1.68. The summed E-state index contributed by atoms with van der Waals surface area (Å²) in [6, 6.07) is 10.3. The van der Waals surface area contributed by atoms with Gasteiger partial charge in [0.25, 0.3) is 5.91 Å². The first-order valence-corrected chi connectivity index (χ1v) is 10.3. The minimum absolute atomic E-state index is 0.120. The van der Waals surface area contributed by atoms with Gasteiger partial charge in [-0.05, 0) is 31.1 Å². The average Bonchev–Trinajstić information content (AvgIpc) is 2.75. The number of carbonyl (C=O) groups excluding carboxylic acids is 1. The Morgan fingerprint density at radius 2 is 2.03 bits per heavy atom. The van der Waals surface area contributed by atoms with Gasteiger partial charge in [0.15, 0.2) is 0 Å². The topological polar surface area (TPSA) is 116 Å². The standard InChI is InChI=1S/C22H25N7O/c23-16-6-2-4-8-18(16)27-19-10-14-11-25-29-22(30)20(14)21(28-19)26-15-9-13-5-1-3-7-17(13)24-12-15/h1,3,5,7,9-12,16,18,25-28H,2,4,6,8,23H2,(H,29,30)/t16-,18+/m0/s1. The third-order valence-corrected chi connectivity index (χ3v) is 5.76. The number of fused-ring (bicyclic) bond motifs is 2. The van der Waals surface area contributed by atoms with Crippen molar-refractivity contribution in [3.05, 3.63) is 71.6 Å². The molecule has 8 heteroatoms. The number of hydrogen-bond acceptors (Lipinski definition) is 7.